The van der Waals surface area contributed by atoms with Gasteiger partial charge in [-0.1, -0.05) is 200 Å². The smallest absolute Gasteiger partial charge is 0.147 e. The highest BCUT2D eigenvalue weighted by Gasteiger charge is 2.34. The van der Waals surface area contributed by atoms with Crippen LogP contribution >= 0.6 is 23.2 Å². The molecule has 8 heteroatoms. The molecule has 0 spiro atoms. The third kappa shape index (κ3) is 14.0. The fourth-order valence-corrected chi connectivity index (χ4v) is 15.3. The first kappa shape index (κ1) is 69.0. The Bertz CT molecular complexity index is 4110. The number of halogens is 2. The van der Waals surface area contributed by atoms with Crippen molar-refractivity contribution < 1.29 is 19.7 Å². The van der Waals surface area contributed by atoms with Gasteiger partial charge in [-0.15, -0.1) is 0 Å². The van der Waals surface area contributed by atoms with Crippen LogP contribution in [0.25, 0.3) is 77.2 Å². The lowest BCUT2D eigenvalue weighted by molar-refractivity contribution is 0.247. The lowest BCUT2D eigenvalue weighted by Crippen LogP contribution is -2.25. The van der Waals surface area contributed by atoms with Crippen LogP contribution in [0.4, 0.5) is 0 Å². The van der Waals surface area contributed by atoms with Crippen LogP contribution in [0.1, 0.15) is 216 Å². The Hall–Kier alpha value is -6.86. The zero-order valence-corrected chi connectivity index (χ0v) is 62.0. The molecule has 0 saturated heterocycles. The molecule has 2 heterocycles. The number of hydrogen-bond acceptors (Lipinski definition) is 4. The van der Waals surface area contributed by atoms with E-state index in [2.05, 4.69) is 259 Å². The Morgan fingerprint density at radius 3 is 0.882 bits per heavy atom. The van der Waals surface area contributed by atoms with Crippen molar-refractivity contribution in [3.05, 3.63) is 176 Å². The summed E-state index contributed by atoms with van der Waals surface area (Å²) in [6.45, 7) is 54.8. The summed E-state index contributed by atoms with van der Waals surface area (Å²) >= 11 is 14.2. The van der Waals surface area contributed by atoms with Crippen molar-refractivity contribution >= 4 is 66.8 Å². The van der Waals surface area contributed by atoms with Gasteiger partial charge >= 0.3 is 0 Å². The second kappa shape index (κ2) is 24.1. The lowest BCUT2D eigenvalue weighted by Gasteiger charge is -2.34. The summed E-state index contributed by atoms with van der Waals surface area (Å²) in [6, 6.07) is 43.7. The summed E-state index contributed by atoms with van der Waals surface area (Å²) in [6.07, 6.45) is 2.30. The van der Waals surface area contributed by atoms with Gasteiger partial charge in [-0.3, -0.25) is 0 Å². The quantitative estimate of drug-likeness (QED) is 0.106. The number of rotatable bonds is 14. The molecule has 492 valence electrons. The predicted molar refractivity (Wildman–Crippen MR) is 400 cm³/mol. The van der Waals surface area contributed by atoms with Crippen LogP contribution < -0.4 is 9.47 Å². The van der Waals surface area contributed by atoms with Crippen LogP contribution in [-0.2, 0) is 32.5 Å². The summed E-state index contributed by atoms with van der Waals surface area (Å²) in [5.74, 6) is 1.57. The summed E-state index contributed by atoms with van der Waals surface area (Å²) in [4.78, 5) is 0. The van der Waals surface area contributed by atoms with Gasteiger partial charge in [-0.2, -0.15) is 0 Å². The molecule has 93 heavy (non-hydrogen) atoms. The van der Waals surface area contributed by atoms with Gasteiger partial charge in [0.25, 0.3) is 0 Å². The number of nitrogens with zero attached hydrogens (tertiary/aromatic N) is 2. The van der Waals surface area contributed by atoms with Crippen molar-refractivity contribution in [2.75, 3.05) is 13.2 Å². The van der Waals surface area contributed by atoms with Gasteiger partial charge in [-0.05, 0) is 212 Å². The molecule has 0 aliphatic carbocycles. The maximum absolute atomic E-state index is 13.2. The standard InChI is InChI=1S/C85H104Cl2N2O4/c1-50-36-58(86)46-66(64-42-56(84(21,22)48-78(3,4)5)44-72(74(64)90)88-68-30-26-52(80(9,10)11)38-60(68)61-39-53(81(12,13)14)27-31-69(61)88)76(50)92-34-25-35-93-77-51(2)37-59(87)47-67(77)65-43-57(85(23,24)49-79(6,7)8)45-73(75(65)91)89-70-32-28-54(82(15,16)17)40-62(70)63-41-55(83(18,19)20)29-33-71(63)89/h26-33,36-47,90-91H,25,34-35,48-49H2,1-24H3. The van der Waals surface area contributed by atoms with E-state index in [1.165, 1.54) is 22.3 Å². The average Bonchev–Trinajstić information content (AvgIpc) is 1.61. The van der Waals surface area contributed by atoms with Gasteiger partial charge in [0.2, 0.25) is 0 Å². The molecule has 0 radical (unpaired) electrons. The second-order valence-corrected chi connectivity index (χ2v) is 35.7. The van der Waals surface area contributed by atoms with Crippen molar-refractivity contribution in [2.24, 2.45) is 10.8 Å². The van der Waals surface area contributed by atoms with Gasteiger partial charge in [-0.25, -0.2) is 0 Å². The fraction of sp³-hybridized carbons (Fsp3) is 0.435. The molecule has 0 amide bonds. The molecule has 6 nitrogen and oxygen atoms in total. The molecular weight excluding hydrogens is 1180 g/mol. The molecule has 10 rings (SSSR count). The highest BCUT2D eigenvalue weighted by Crippen LogP contribution is 2.52. The third-order valence-corrected chi connectivity index (χ3v) is 19.4. The van der Waals surface area contributed by atoms with E-state index in [9.17, 15) is 10.2 Å². The van der Waals surface area contributed by atoms with E-state index in [1.807, 2.05) is 38.1 Å². The van der Waals surface area contributed by atoms with Crippen LogP contribution in [0.5, 0.6) is 23.0 Å². The minimum Gasteiger partial charge on any atom is -0.505 e. The maximum Gasteiger partial charge on any atom is 0.147 e. The normalized spacial score (nSPS) is 13.4. The number of fused-ring (bicyclic) bond motifs is 6. The number of aryl methyl sites for hydroxylation is 2. The van der Waals surface area contributed by atoms with Crippen molar-refractivity contribution in [2.45, 2.75) is 218 Å². The summed E-state index contributed by atoms with van der Waals surface area (Å²) in [5.41, 5.74) is 16.2. The molecule has 0 aliphatic rings. The predicted octanol–water partition coefficient (Wildman–Crippen LogP) is 25.0. The van der Waals surface area contributed by atoms with Crippen molar-refractivity contribution in [1.29, 1.82) is 0 Å². The highest BCUT2D eigenvalue weighted by molar-refractivity contribution is 6.31. The zero-order chi connectivity index (χ0) is 68.4. The largest absolute Gasteiger partial charge is 0.505 e. The summed E-state index contributed by atoms with van der Waals surface area (Å²) in [5, 5.41) is 32.1. The molecule has 0 unspecified atom stereocenters. The van der Waals surface area contributed by atoms with Gasteiger partial charge in [0.1, 0.15) is 23.0 Å². The topological polar surface area (TPSA) is 68.8 Å². The first-order valence-electron chi connectivity index (χ1n) is 33.6. The third-order valence-electron chi connectivity index (χ3n) is 19.0. The van der Waals surface area contributed by atoms with Crippen LogP contribution in [0.2, 0.25) is 10.0 Å². The first-order valence-corrected chi connectivity index (χ1v) is 34.4. The minimum atomic E-state index is -0.308. The highest BCUT2D eigenvalue weighted by atomic mass is 35.5. The van der Waals surface area contributed by atoms with Gasteiger partial charge in [0.05, 0.1) is 46.7 Å². The first-order chi connectivity index (χ1) is 42.8. The molecule has 8 aromatic carbocycles. The summed E-state index contributed by atoms with van der Waals surface area (Å²) < 4.78 is 18.5. The minimum absolute atomic E-state index is 0.00735. The number of hydrogen-bond donors (Lipinski definition) is 2. The molecule has 2 N–H and O–H groups in total. The van der Waals surface area contributed by atoms with Gasteiger partial charge in [0.15, 0.2) is 0 Å². The molecule has 0 atom stereocenters. The molecule has 2 aromatic heterocycles. The summed E-state index contributed by atoms with van der Waals surface area (Å²) in [7, 11) is 0. The van der Waals surface area contributed by atoms with E-state index in [1.54, 1.807) is 0 Å². The van der Waals surface area contributed by atoms with Crippen LogP contribution in [0, 0.1) is 24.7 Å². The molecule has 0 fully saturated rings. The SMILES string of the molecule is Cc1cc(Cl)cc(-c2cc(C(C)(C)CC(C)(C)C)cc(-n3c4ccc(C(C)(C)C)cc4c4cc(C(C)(C)C)ccc43)c2O)c1OCCCOc1c(C)cc(Cl)cc1-c1cc(C(C)(C)CC(C)(C)C)cc(-n2c3ccc(C(C)(C)C)cc3c3cc(C(C)(C)C)ccc32)c1O. The van der Waals surface area contributed by atoms with Crippen LogP contribution in [0.3, 0.4) is 0 Å². The number of phenols is 2. The van der Waals surface area contributed by atoms with Gasteiger partial charge < -0.3 is 28.8 Å². The molecular formula is C85H104Cl2N2O4. The van der Waals surface area contributed by atoms with Crippen LogP contribution in [-0.4, -0.2) is 32.6 Å². The number of ether oxygens (including phenoxy) is 2. The lowest BCUT2D eigenvalue weighted by atomic mass is 9.71. The van der Waals surface area contributed by atoms with Crippen molar-refractivity contribution in [3.63, 3.8) is 0 Å². The van der Waals surface area contributed by atoms with Gasteiger partial charge in [0, 0.05) is 60.3 Å². The zero-order valence-electron chi connectivity index (χ0n) is 60.4. The fourth-order valence-electron chi connectivity index (χ4n) is 14.7. The Labute approximate surface area is 566 Å². The number of aromatic nitrogens is 2. The van der Waals surface area contributed by atoms with E-state index in [0.717, 1.165) is 78.7 Å². The van der Waals surface area contributed by atoms with E-state index < -0.39 is 0 Å². The molecule has 10 aromatic rings. The van der Waals surface area contributed by atoms with E-state index in [0.29, 0.717) is 74.8 Å². The Morgan fingerprint density at radius 1 is 0.344 bits per heavy atom. The Balaban J connectivity index is 1.06. The second-order valence-electron chi connectivity index (χ2n) is 34.9. The van der Waals surface area contributed by atoms with E-state index in [4.69, 9.17) is 32.7 Å². The number of phenolic OH excluding ortho intramolecular Hbond substituents is 2. The van der Waals surface area contributed by atoms with Crippen LogP contribution in [0.15, 0.2) is 121 Å². The molecule has 0 aliphatic heterocycles. The van der Waals surface area contributed by atoms with E-state index >= 15 is 0 Å². The Kier molecular flexibility index (Phi) is 17.9. The molecule has 0 saturated carbocycles. The Morgan fingerprint density at radius 2 is 0.624 bits per heavy atom. The average molecular weight is 1290 g/mol. The van der Waals surface area contributed by atoms with Crippen molar-refractivity contribution in [3.8, 4) is 56.6 Å². The van der Waals surface area contributed by atoms with E-state index in [-0.39, 0.29) is 54.8 Å². The number of benzene rings is 8. The maximum atomic E-state index is 13.2. The molecule has 0 bridgehead atoms. The van der Waals surface area contributed by atoms with Crippen molar-refractivity contribution in [1.82, 2.24) is 9.13 Å². The monoisotopic (exact) mass is 1290 g/mol. The number of aromatic hydroxyl groups is 2.